The lowest BCUT2D eigenvalue weighted by atomic mass is 10.1. The average Bonchev–Trinajstić information content (AvgIpc) is 2.97. The summed E-state index contributed by atoms with van der Waals surface area (Å²) >= 11 is 6.96. The van der Waals surface area contributed by atoms with Crippen molar-refractivity contribution in [3.05, 3.63) is 56.7 Å². The van der Waals surface area contributed by atoms with Crippen molar-refractivity contribution >= 4 is 34.7 Å². The molecule has 4 nitrogen and oxygen atoms in total. The van der Waals surface area contributed by atoms with Crippen LogP contribution in [0.3, 0.4) is 0 Å². The highest BCUT2D eigenvalue weighted by molar-refractivity contribution is 7.18. The number of benzene rings is 1. The second-order valence-corrected chi connectivity index (χ2v) is 6.21. The van der Waals surface area contributed by atoms with Crippen LogP contribution in [0.1, 0.15) is 33.6 Å². The molecule has 6 heteroatoms. The van der Waals surface area contributed by atoms with Crippen LogP contribution in [0.25, 0.3) is 0 Å². The number of ether oxygens (including phenoxy) is 1. The quantitative estimate of drug-likeness (QED) is 0.592. The monoisotopic (exact) mass is 333 g/mol. The molecule has 0 radical (unpaired) electrons. The number of thiophene rings is 1. The summed E-state index contributed by atoms with van der Waals surface area (Å²) < 4.78 is 5.64. The van der Waals surface area contributed by atoms with Gasteiger partial charge in [-0.25, -0.2) is 0 Å². The third-order valence-electron chi connectivity index (χ3n) is 2.89. The summed E-state index contributed by atoms with van der Waals surface area (Å²) in [4.78, 5) is 24.0. The first-order chi connectivity index (χ1) is 10.6. The highest BCUT2D eigenvalue weighted by Gasteiger charge is 2.12. The van der Waals surface area contributed by atoms with Crippen LogP contribution in [-0.4, -0.2) is 11.8 Å². The molecule has 1 aromatic heterocycles. The molecule has 0 amide bonds. The lowest BCUT2D eigenvalue weighted by Crippen LogP contribution is -2.07. The molecule has 1 aromatic carbocycles. The molecule has 0 saturated carbocycles. The Morgan fingerprint density at radius 1 is 1.14 bits per heavy atom. The number of hydrogen-bond acceptors (Lipinski definition) is 5. The number of carbonyl (C=O) groups is 2. The first-order valence-corrected chi connectivity index (χ1v) is 7.71. The number of ketones is 1. The van der Waals surface area contributed by atoms with Crippen molar-refractivity contribution in [2.24, 2.45) is 0 Å². The Morgan fingerprint density at radius 2 is 1.86 bits per heavy atom. The maximum absolute atomic E-state index is 11.8. The largest absolute Gasteiger partial charge is 0.461 e. The third-order valence-corrected chi connectivity index (χ3v) is 4.16. The highest BCUT2D eigenvalue weighted by Crippen LogP contribution is 2.23. The number of rotatable bonds is 6. The summed E-state index contributed by atoms with van der Waals surface area (Å²) in [5, 5.41) is 8.69. The van der Waals surface area contributed by atoms with Gasteiger partial charge in [0.25, 0.3) is 0 Å². The van der Waals surface area contributed by atoms with E-state index >= 15 is 0 Å². The van der Waals surface area contributed by atoms with Gasteiger partial charge in [-0.1, -0.05) is 23.7 Å². The second kappa shape index (κ2) is 7.74. The van der Waals surface area contributed by atoms with Crippen molar-refractivity contribution in [1.29, 1.82) is 5.26 Å². The Labute approximate surface area is 136 Å². The van der Waals surface area contributed by atoms with E-state index in [2.05, 4.69) is 0 Å². The Hall–Kier alpha value is -2.16. The van der Waals surface area contributed by atoms with Crippen LogP contribution in [0.4, 0.5) is 0 Å². The van der Waals surface area contributed by atoms with Gasteiger partial charge in [0.05, 0.1) is 27.3 Å². The van der Waals surface area contributed by atoms with E-state index in [-0.39, 0.29) is 25.2 Å². The Morgan fingerprint density at radius 3 is 2.45 bits per heavy atom. The van der Waals surface area contributed by atoms with Gasteiger partial charge in [0.1, 0.15) is 6.61 Å². The van der Waals surface area contributed by atoms with Crippen LogP contribution in [0.15, 0.2) is 36.4 Å². The molecule has 0 atom stereocenters. The number of nitriles is 1. The van der Waals surface area contributed by atoms with Crippen LogP contribution in [0.2, 0.25) is 4.34 Å². The smallest absolute Gasteiger partial charge is 0.306 e. The van der Waals surface area contributed by atoms with Gasteiger partial charge in [-0.15, -0.1) is 11.3 Å². The summed E-state index contributed by atoms with van der Waals surface area (Å²) in [6, 6.07) is 12.1. The summed E-state index contributed by atoms with van der Waals surface area (Å²) in [6.45, 7) is 0.129. The minimum absolute atomic E-state index is 0.0324. The van der Waals surface area contributed by atoms with Gasteiger partial charge in [-0.2, -0.15) is 5.26 Å². The van der Waals surface area contributed by atoms with Crippen LogP contribution in [-0.2, 0) is 16.1 Å². The summed E-state index contributed by atoms with van der Waals surface area (Å²) in [6.07, 6.45) is 0.133. The SMILES string of the molecule is N#Cc1ccc(COC(=O)CCC(=O)c2ccc(Cl)s2)cc1. The first kappa shape index (κ1) is 16.2. The van der Waals surface area contributed by atoms with Gasteiger partial charge < -0.3 is 4.74 Å². The first-order valence-electron chi connectivity index (χ1n) is 6.51. The summed E-state index contributed by atoms with van der Waals surface area (Å²) in [5.74, 6) is -0.549. The zero-order valence-corrected chi connectivity index (χ0v) is 13.1. The van der Waals surface area contributed by atoms with E-state index in [0.717, 1.165) is 5.56 Å². The van der Waals surface area contributed by atoms with Crippen molar-refractivity contribution in [1.82, 2.24) is 0 Å². The topological polar surface area (TPSA) is 67.2 Å². The van der Waals surface area contributed by atoms with Gasteiger partial charge in [0.15, 0.2) is 5.78 Å². The third kappa shape index (κ3) is 4.69. The predicted octanol–water partition coefficient (Wildman–Crippen LogP) is 3.98. The van der Waals surface area contributed by atoms with Crippen molar-refractivity contribution < 1.29 is 14.3 Å². The van der Waals surface area contributed by atoms with Crippen molar-refractivity contribution in [2.75, 3.05) is 0 Å². The van der Waals surface area contributed by atoms with Gasteiger partial charge in [-0.3, -0.25) is 9.59 Å². The van der Waals surface area contributed by atoms with Crippen LogP contribution in [0.5, 0.6) is 0 Å². The molecule has 1 heterocycles. The fourth-order valence-corrected chi connectivity index (χ4v) is 2.72. The molecule has 0 bridgehead atoms. The molecular formula is C16H12ClNO3S. The maximum Gasteiger partial charge on any atom is 0.306 e. The van der Waals surface area contributed by atoms with Crippen molar-refractivity contribution in [3.63, 3.8) is 0 Å². The van der Waals surface area contributed by atoms with Crippen LogP contribution < -0.4 is 0 Å². The normalized spacial score (nSPS) is 10.0. The molecule has 0 spiro atoms. The van der Waals surface area contributed by atoms with Gasteiger partial charge in [-0.05, 0) is 29.8 Å². The Balaban J connectivity index is 1.76. The van der Waals surface area contributed by atoms with Gasteiger partial charge in [0, 0.05) is 6.42 Å². The lowest BCUT2D eigenvalue weighted by molar-refractivity contribution is -0.144. The molecule has 2 rings (SSSR count). The van der Waals surface area contributed by atoms with E-state index in [4.69, 9.17) is 21.6 Å². The summed E-state index contributed by atoms with van der Waals surface area (Å²) in [7, 11) is 0. The van der Waals surface area contributed by atoms with Crippen molar-refractivity contribution in [3.8, 4) is 6.07 Å². The molecule has 0 aliphatic carbocycles. The molecule has 0 N–H and O–H groups in total. The molecule has 22 heavy (non-hydrogen) atoms. The zero-order valence-electron chi connectivity index (χ0n) is 11.5. The number of hydrogen-bond donors (Lipinski definition) is 0. The number of halogens is 1. The highest BCUT2D eigenvalue weighted by atomic mass is 35.5. The second-order valence-electron chi connectivity index (χ2n) is 4.50. The van der Waals surface area contributed by atoms with E-state index in [9.17, 15) is 9.59 Å². The van der Waals surface area contributed by atoms with Crippen LogP contribution >= 0.6 is 22.9 Å². The molecule has 2 aromatic rings. The molecule has 0 aliphatic heterocycles. The Kier molecular flexibility index (Phi) is 5.70. The van der Waals surface area contributed by atoms with Gasteiger partial charge in [0.2, 0.25) is 0 Å². The minimum atomic E-state index is -0.430. The van der Waals surface area contributed by atoms with E-state index in [1.54, 1.807) is 36.4 Å². The number of nitrogens with zero attached hydrogens (tertiary/aromatic N) is 1. The number of Topliss-reactive ketones (excluding diaryl/α,β-unsaturated/α-hetero) is 1. The fourth-order valence-electron chi connectivity index (χ4n) is 1.71. The van der Waals surface area contributed by atoms with Crippen molar-refractivity contribution in [2.45, 2.75) is 19.4 Å². The summed E-state index contributed by atoms with van der Waals surface area (Å²) in [5.41, 5.74) is 1.35. The lowest BCUT2D eigenvalue weighted by Gasteiger charge is -2.04. The average molecular weight is 334 g/mol. The van der Waals surface area contributed by atoms with E-state index in [1.807, 2.05) is 6.07 Å². The molecule has 0 fully saturated rings. The molecule has 0 aliphatic rings. The van der Waals surface area contributed by atoms with E-state index in [0.29, 0.717) is 14.8 Å². The van der Waals surface area contributed by atoms with Crippen LogP contribution in [0, 0.1) is 11.3 Å². The maximum atomic E-state index is 11.8. The minimum Gasteiger partial charge on any atom is -0.461 e. The number of carbonyl (C=O) groups excluding carboxylic acids is 2. The molecule has 112 valence electrons. The predicted molar refractivity (Wildman–Crippen MR) is 83.8 cm³/mol. The molecular weight excluding hydrogens is 322 g/mol. The molecule has 0 saturated heterocycles. The zero-order chi connectivity index (χ0) is 15.9. The van der Waals surface area contributed by atoms with E-state index in [1.165, 1.54) is 11.3 Å². The van der Waals surface area contributed by atoms with E-state index < -0.39 is 5.97 Å². The van der Waals surface area contributed by atoms with Gasteiger partial charge >= 0.3 is 5.97 Å². The Bertz CT molecular complexity index is 716. The fraction of sp³-hybridized carbons (Fsp3) is 0.188. The number of esters is 1. The standard InChI is InChI=1S/C16H12ClNO3S/c17-15-7-6-14(22-15)13(19)5-8-16(20)21-10-12-3-1-11(9-18)2-4-12/h1-4,6-7H,5,8,10H2. The molecule has 0 unspecified atom stereocenters.